The molecule has 2 aliphatic rings. The number of rotatable bonds is 5. The van der Waals surface area contributed by atoms with E-state index in [4.69, 9.17) is 0 Å². The van der Waals surface area contributed by atoms with E-state index in [2.05, 4.69) is 15.8 Å². The molecule has 2 heterocycles. The van der Waals surface area contributed by atoms with E-state index < -0.39 is 9.84 Å². The second-order valence-electron chi connectivity index (χ2n) is 7.12. The number of sulfone groups is 1. The van der Waals surface area contributed by atoms with Gasteiger partial charge >= 0.3 is 0 Å². The van der Waals surface area contributed by atoms with Crippen molar-refractivity contribution >= 4 is 21.7 Å². The summed E-state index contributed by atoms with van der Waals surface area (Å²) in [5.74, 6) is -0.507. The fourth-order valence-corrected chi connectivity index (χ4v) is 5.55. The first-order valence-electron chi connectivity index (χ1n) is 9.00. The minimum atomic E-state index is -3.00. The first-order valence-corrected chi connectivity index (χ1v) is 10.8. The SMILES string of the molecule is O=C(CC1CCS(=O)(=O)C1)NNC(=O)C1CCCN1Cc1ccccc1. The summed E-state index contributed by atoms with van der Waals surface area (Å²) in [6.45, 7) is 1.55. The summed E-state index contributed by atoms with van der Waals surface area (Å²) in [7, 11) is -3.00. The fraction of sp³-hybridized carbons (Fsp3) is 0.556. The highest BCUT2D eigenvalue weighted by Crippen LogP contribution is 2.22. The van der Waals surface area contributed by atoms with Crippen LogP contribution in [0.2, 0.25) is 0 Å². The van der Waals surface area contributed by atoms with Crippen LogP contribution in [-0.4, -0.2) is 49.2 Å². The van der Waals surface area contributed by atoms with E-state index in [1.165, 1.54) is 0 Å². The molecule has 2 atom stereocenters. The number of amides is 2. The Morgan fingerprint density at radius 1 is 1.12 bits per heavy atom. The van der Waals surface area contributed by atoms with Crippen molar-refractivity contribution in [2.75, 3.05) is 18.1 Å². The third-order valence-electron chi connectivity index (χ3n) is 5.02. The van der Waals surface area contributed by atoms with Crippen molar-refractivity contribution in [1.82, 2.24) is 15.8 Å². The van der Waals surface area contributed by atoms with Crippen molar-refractivity contribution in [3.05, 3.63) is 35.9 Å². The molecule has 0 aliphatic carbocycles. The fourth-order valence-electron chi connectivity index (χ4n) is 3.69. The molecule has 2 saturated heterocycles. The van der Waals surface area contributed by atoms with Gasteiger partial charge in [0.1, 0.15) is 0 Å². The Morgan fingerprint density at radius 2 is 1.88 bits per heavy atom. The molecule has 2 amide bonds. The summed E-state index contributed by atoms with van der Waals surface area (Å²) < 4.78 is 22.9. The number of hydrogen-bond acceptors (Lipinski definition) is 5. The van der Waals surface area contributed by atoms with Crippen LogP contribution in [0.5, 0.6) is 0 Å². The molecule has 7 nitrogen and oxygen atoms in total. The van der Waals surface area contributed by atoms with Gasteiger partial charge in [-0.15, -0.1) is 0 Å². The molecule has 3 rings (SSSR count). The normalized spacial score (nSPS) is 25.1. The first kappa shape index (κ1) is 18.8. The second kappa shape index (κ2) is 8.18. The molecule has 1 aromatic carbocycles. The molecule has 0 spiro atoms. The highest BCUT2D eigenvalue weighted by Gasteiger charge is 2.32. The van der Waals surface area contributed by atoms with Crippen LogP contribution < -0.4 is 10.9 Å². The molecule has 2 unspecified atom stereocenters. The summed E-state index contributed by atoms with van der Waals surface area (Å²) >= 11 is 0. The van der Waals surface area contributed by atoms with E-state index in [0.29, 0.717) is 13.0 Å². The Kier molecular flexibility index (Phi) is 5.93. The Balaban J connectivity index is 1.45. The highest BCUT2D eigenvalue weighted by atomic mass is 32.2. The minimum absolute atomic E-state index is 0.0574. The van der Waals surface area contributed by atoms with Crippen LogP contribution in [0.3, 0.4) is 0 Å². The predicted molar refractivity (Wildman–Crippen MR) is 97.5 cm³/mol. The second-order valence-corrected chi connectivity index (χ2v) is 9.35. The monoisotopic (exact) mass is 379 g/mol. The van der Waals surface area contributed by atoms with Crippen LogP contribution in [0.15, 0.2) is 30.3 Å². The van der Waals surface area contributed by atoms with E-state index in [1.807, 2.05) is 30.3 Å². The average Bonchev–Trinajstić information content (AvgIpc) is 3.19. The molecule has 2 N–H and O–H groups in total. The number of carbonyl (C=O) groups excluding carboxylic acids is 2. The van der Waals surface area contributed by atoms with Gasteiger partial charge in [-0.05, 0) is 37.3 Å². The number of likely N-dealkylation sites (tertiary alicyclic amines) is 1. The van der Waals surface area contributed by atoms with Gasteiger partial charge < -0.3 is 0 Å². The smallest absolute Gasteiger partial charge is 0.255 e. The molecule has 0 bridgehead atoms. The van der Waals surface area contributed by atoms with Gasteiger partial charge in [-0.1, -0.05) is 30.3 Å². The van der Waals surface area contributed by atoms with Gasteiger partial charge in [-0.25, -0.2) is 8.42 Å². The van der Waals surface area contributed by atoms with Gasteiger partial charge in [0.25, 0.3) is 5.91 Å². The molecule has 2 fully saturated rings. The van der Waals surface area contributed by atoms with Crippen LogP contribution in [0.25, 0.3) is 0 Å². The summed E-state index contributed by atoms with van der Waals surface area (Å²) in [6.07, 6.45) is 2.34. The Morgan fingerprint density at radius 3 is 2.58 bits per heavy atom. The Hall–Kier alpha value is -1.93. The number of nitrogens with zero attached hydrogens (tertiary/aromatic N) is 1. The lowest BCUT2D eigenvalue weighted by molar-refractivity contribution is -0.132. The zero-order chi connectivity index (χ0) is 18.6. The van der Waals surface area contributed by atoms with Crippen LogP contribution >= 0.6 is 0 Å². The number of benzene rings is 1. The molecule has 8 heteroatoms. The number of carbonyl (C=O) groups is 2. The van der Waals surface area contributed by atoms with Crippen molar-refractivity contribution in [1.29, 1.82) is 0 Å². The first-order chi connectivity index (χ1) is 12.4. The molecular weight excluding hydrogens is 354 g/mol. The molecule has 0 saturated carbocycles. The molecule has 2 aliphatic heterocycles. The molecular formula is C18H25N3O4S. The molecule has 0 aromatic heterocycles. The van der Waals surface area contributed by atoms with Crippen LogP contribution in [0.1, 0.15) is 31.2 Å². The van der Waals surface area contributed by atoms with Gasteiger partial charge in [-0.2, -0.15) is 0 Å². The lowest BCUT2D eigenvalue weighted by Crippen LogP contribution is -2.50. The lowest BCUT2D eigenvalue weighted by Gasteiger charge is -2.23. The standard InChI is InChI=1S/C18H25N3O4S/c22-17(11-15-8-10-26(24,25)13-15)19-20-18(23)16-7-4-9-21(16)12-14-5-2-1-3-6-14/h1-3,5-6,15-16H,4,7-13H2,(H,19,22)(H,20,23). The highest BCUT2D eigenvalue weighted by molar-refractivity contribution is 7.91. The zero-order valence-corrected chi connectivity index (χ0v) is 15.5. The molecule has 0 radical (unpaired) electrons. The number of hydrogen-bond donors (Lipinski definition) is 2. The van der Waals surface area contributed by atoms with Crippen molar-refractivity contribution in [3.8, 4) is 0 Å². The number of hydrazine groups is 1. The summed E-state index contributed by atoms with van der Waals surface area (Å²) in [6, 6.07) is 9.72. The van der Waals surface area contributed by atoms with Crippen molar-refractivity contribution in [3.63, 3.8) is 0 Å². The van der Waals surface area contributed by atoms with Crippen molar-refractivity contribution in [2.45, 2.75) is 38.3 Å². The van der Waals surface area contributed by atoms with Gasteiger partial charge in [0.05, 0.1) is 17.5 Å². The van der Waals surface area contributed by atoms with Gasteiger partial charge in [0, 0.05) is 13.0 Å². The summed E-state index contributed by atoms with van der Waals surface area (Å²) in [4.78, 5) is 26.5. The van der Waals surface area contributed by atoms with E-state index >= 15 is 0 Å². The van der Waals surface area contributed by atoms with E-state index in [-0.39, 0.29) is 41.7 Å². The van der Waals surface area contributed by atoms with Gasteiger partial charge in [0.2, 0.25) is 5.91 Å². The zero-order valence-electron chi connectivity index (χ0n) is 14.7. The topological polar surface area (TPSA) is 95.6 Å². The van der Waals surface area contributed by atoms with Crippen LogP contribution in [0, 0.1) is 5.92 Å². The minimum Gasteiger partial charge on any atom is -0.288 e. The molecule has 142 valence electrons. The quantitative estimate of drug-likeness (QED) is 0.732. The molecule has 1 aromatic rings. The Labute approximate surface area is 154 Å². The van der Waals surface area contributed by atoms with E-state index in [9.17, 15) is 18.0 Å². The maximum Gasteiger partial charge on any atom is 0.255 e. The maximum absolute atomic E-state index is 12.4. The van der Waals surface area contributed by atoms with E-state index in [0.717, 1.165) is 24.9 Å². The number of nitrogens with one attached hydrogen (secondary N) is 2. The summed E-state index contributed by atoms with van der Waals surface area (Å²) in [5.41, 5.74) is 6.09. The predicted octanol–water partition coefficient (Wildman–Crippen LogP) is 0.623. The summed E-state index contributed by atoms with van der Waals surface area (Å²) in [5, 5.41) is 0. The maximum atomic E-state index is 12.4. The van der Waals surface area contributed by atoms with Crippen LogP contribution in [0.4, 0.5) is 0 Å². The third kappa shape index (κ3) is 5.04. The van der Waals surface area contributed by atoms with Crippen molar-refractivity contribution < 1.29 is 18.0 Å². The third-order valence-corrected chi connectivity index (χ3v) is 6.86. The average molecular weight is 379 g/mol. The largest absolute Gasteiger partial charge is 0.288 e. The van der Waals surface area contributed by atoms with Gasteiger partial charge in [-0.3, -0.25) is 25.3 Å². The van der Waals surface area contributed by atoms with E-state index in [1.54, 1.807) is 0 Å². The lowest BCUT2D eigenvalue weighted by atomic mass is 10.1. The molecule has 26 heavy (non-hydrogen) atoms. The Bertz CT molecular complexity index is 751. The van der Waals surface area contributed by atoms with Crippen LogP contribution in [-0.2, 0) is 26.0 Å². The van der Waals surface area contributed by atoms with Gasteiger partial charge in [0.15, 0.2) is 9.84 Å². The van der Waals surface area contributed by atoms with Crippen molar-refractivity contribution in [2.24, 2.45) is 5.92 Å².